The van der Waals surface area contributed by atoms with Crippen LogP contribution in [0.2, 0.25) is 0 Å². The van der Waals surface area contributed by atoms with Gasteiger partial charge in [-0.05, 0) is 49.7 Å². The first kappa shape index (κ1) is 20.9. The van der Waals surface area contributed by atoms with Gasteiger partial charge in [0.05, 0.1) is 12.8 Å². The van der Waals surface area contributed by atoms with E-state index in [-0.39, 0.29) is 24.3 Å². The van der Waals surface area contributed by atoms with Crippen molar-refractivity contribution < 1.29 is 14.3 Å². The topological polar surface area (TPSA) is 71.0 Å². The summed E-state index contributed by atoms with van der Waals surface area (Å²) in [7, 11) is 1.61. The van der Waals surface area contributed by atoms with Gasteiger partial charge in [-0.3, -0.25) is 14.5 Å². The molecule has 2 aromatic carbocycles. The summed E-state index contributed by atoms with van der Waals surface area (Å²) in [5.74, 6) is 0.495. The van der Waals surface area contributed by atoms with Crippen LogP contribution < -0.4 is 10.1 Å². The molecule has 29 heavy (non-hydrogen) atoms. The molecule has 2 atom stereocenters. The minimum absolute atomic E-state index is 0.00850. The Bertz CT molecular complexity index is 884. The van der Waals surface area contributed by atoms with Crippen LogP contribution >= 0.6 is 11.8 Å². The average molecular weight is 412 g/mol. The number of para-hydroxylation sites is 1. The monoisotopic (exact) mass is 411 g/mol. The van der Waals surface area contributed by atoms with Crippen molar-refractivity contribution in [1.29, 1.82) is 0 Å². The van der Waals surface area contributed by atoms with Gasteiger partial charge in [-0.15, -0.1) is 0 Å². The lowest BCUT2D eigenvalue weighted by molar-refractivity contribution is -0.129. The summed E-state index contributed by atoms with van der Waals surface area (Å²) in [6, 6.07) is 16.6. The zero-order chi connectivity index (χ0) is 20.8. The third kappa shape index (κ3) is 5.17. The lowest BCUT2D eigenvalue weighted by Crippen LogP contribution is -2.39. The van der Waals surface area contributed by atoms with Crippen LogP contribution in [0, 0.1) is 0 Å². The molecule has 0 unspecified atom stereocenters. The van der Waals surface area contributed by atoms with Crippen LogP contribution in [0.25, 0.3) is 0 Å². The maximum atomic E-state index is 13.0. The van der Waals surface area contributed by atoms with Crippen LogP contribution in [0.1, 0.15) is 26.7 Å². The van der Waals surface area contributed by atoms with Crippen molar-refractivity contribution in [2.75, 3.05) is 12.4 Å². The normalized spacial score (nSPS) is 18.7. The minimum atomic E-state index is -0.482. The van der Waals surface area contributed by atoms with Crippen LogP contribution in [0.15, 0.2) is 59.6 Å². The van der Waals surface area contributed by atoms with E-state index in [0.29, 0.717) is 5.17 Å². The van der Waals surface area contributed by atoms with E-state index < -0.39 is 5.25 Å². The molecule has 1 heterocycles. The second-order valence-corrected chi connectivity index (χ2v) is 7.95. The molecule has 0 radical (unpaired) electrons. The summed E-state index contributed by atoms with van der Waals surface area (Å²) in [6.45, 7) is 4.03. The molecular formula is C22H25N3O3S. The Morgan fingerprint density at radius 2 is 1.90 bits per heavy atom. The van der Waals surface area contributed by atoms with E-state index in [0.717, 1.165) is 23.5 Å². The molecule has 0 aliphatic carbocycles. The molecule has 0 aromatic heterocycles. The first-order valence-electron chi connectivity index (χ1n) is 9.59. The molecule has 6 nitrogen and oxygen atoms in total. The number of hydrogen-bond acceptors (Lipinski definition) is 5. The van der Waals surface area contributed by atoms with Gasteiger partial charge in [0.25, 0.3) is 0 Å². The molecular weight excluding hydrogens is 386 g/mol. The van der Waals surface area contributed by atoms with Gasteiger partial charge in [-0.2, -0.15) is 0 Å². The van der Waals surface area contributed by atoms with E-state index in [2.05, 4.69) is 10.3 Å². The number of nitrogens with zero attached hydrogens (tertiary/aromatic N) is 2. The maximum Gasteiger partial charge on any atom is 0.242 e. The van der Waals surface area contributed by atoms with Crippen LogP contribution in [-0.4, -0.2) is 40.3 Å². The molecule has 0 spiro atoms. The predicted molar refractivity (Wildman–Crippen MR) is 118 cm³/mol. The summed E-state index contributed by atoms with van der Waals surface area (Å²) in [4.78, 5) is 31.9. The number of amides is 2. The standard InChI is InChI=1S/C22H25N3O3S/c1-4-15(2)25-21(27)19(14-20(26)23-16-8-6-5-7-9-16)29-22(25)24-17-10-12-18(28-3)13-11-17/h5-13,15,19H,4,14H2,1-3H3,(H,23,26)/t15-,19-/m0/s1. The van der Waals surface area contributed by atoms with Gasteiger partial charge < -0.3 is 10.1 Å². The van der Waals surface area contributed by atoms with Gasteiger partial charge >= 0.3 is 0 Å². The molecule has 3 rings (SSSR count). The van der Waals surface area contributed by atoms with Gasteiger partial charge in [0.2, 0.25) is 11.8 Å². The van der Waals surface area contributed by atoms with E-state index in [9.17, 15) is 9.59 Å². The summed E-state index contributed by atoms with van der Waals surface area (Å²) < 4.78 is 5.18. The Morgan fingerprint density at radius 3 is 2.52 bits per heavy atom. The fourth-order valence-electron chi connectivity index (χ4n) is 2.95. The van der Waals surface area contributed by atoms with Crippen LogP contribution in [-0.2, 0) is 9.59 Å². The summed E-state index contributed by atoms with van der Waals surface area (Å²) >= 11 is 1.35. The van der Waals surface area contributed by atoms with Crippen molar-refractivity contribution in [3.8, 4) is 5.75 Å². The quantitative estimate of drug-likeness (QED) is 0.730. The van der Waals surface area contributed by atoms with Crippen LogP contribution in [0.3, 0.4) is 0 Å². The molecule has 2 amide bonds. The SMILES string of the molecule is CC[C@H](C)N1C(=O)[C@H](CC(=O)Nc2ccccc2)SC1=Nc1ccc(OC)cc1. The number of amidine groups is 1. The molecule has 7 heteroatoms. The second kappa shape index (κ2) is 9.60. The van der Waals surface area contributed by atoms with Crippen molar-refractivity contribution in [2.45, 2.75) is 38.0 Å². The molecule has 0 saturated carbocycles. The van der Waals surface area contributed by atoms with Crippen molar-refractivity contribution in [3.63, 3.8) is 0 Å². The van der Waals surface area contributed by atoms with Gasteiger partial charge in [-0.1, -0.05) is 36.9 Å². The zero-order valence-electron chi connectivity index (χ0n) is 16.8. The van der Waals surface area contributed by atoms with Crippen LogP contribution in [0.5, 0.6) is 5.75 Å². The number of aliphatic imine (C=N–C) groups is 1. The highest BCUT2D eigenvalue weighted by Gasteiger charge is 2.41. The molecule has 2 aromatic rings. The third-order valence-electron chi connectivity index (χ3n) is 4.72. The number of methoxy groups -OCH3 is 1. The van der Waals surface area contributed by atoms with E-state index >= 15 is 0 Å². The minimum Gasteiger partial charge on any atom is -0.497 e. The Balaban J connectivity index is 1.76. The van der Waals surface area contributed by atoms with Crippen molar-refractivity contribution in [2.24, 2.45) is 4.99 Å². The average Bonchev–Trinajstić information content (AvgIpc) is 3.03. The summed E-state index contributed by atoms with van der Waals surface area (Å²) in [6.07, 6.45) is 0.907. The van der Waals surface area contributed by atoms with E-state index in [4.69, 9.17) is 4.74 Å². The fourth-order valence-corrected chi connectivity index (χ4v) is 4.20. The fraction of sp³-hybridized carbons (Fsp3) is 0.318. The van der Waals surface area contributed by atoms with Crippen LogP contribution in [0.4, 0.5) is 11.4 Å². The number of anilines is 1. The Labute approximate surface area is 175 Å². The number of ether oxygens (including phenoxy) is 1. The smallest absolute Gasteiger partial charge is 0.242 e. The Kier molecular flexibility index (Phi) is 6.93. The lowest BCUT2D eigenvalue weighted by Gasteiger charge is -2.23. The number of rotatable bonds is 7. The number of thioether (sulfide) groups is 1. The highest BCUT2D eigenvalue weighted by atomic mass is 32.2. The van der Waals surface area contributed by atoms with Gasteiger partial charge in [0, 0.05) is 18.2 Å². The number of hydrogen-bond donors (Lipinski definition) is 1. The molecule has 1 fully saturated rings. The molecule has 1 N–H and O–H groups in total. The number of carbonyl (C=O) groups is 2. The predicted octanol–water partition coefficient (Wildman–Crippen LogP) is 4.45. The molecule has 1 aliphatic rings. The van der Waals surface area contributed by atoms with E-state index in [1.165, 1.54) is 11.8 Å². The summed E-state index contributed by atoms with van der Waals surface area (Å²) in [5.41, 5.74) is 1.46. The maximum absolute atomic E-state index is 13.0. The number of carbonyl (C=O) groups excluding carboxylic acids is 2. The first-order valence-corrected chi connectivity index (χ1v) is 10.5. The molecule has 0 bridgehead atoms. The van der Waals surface area contributed by atoms with Gasteiger partial charge in [-0.25, -0.2) is 4.99 Å². The van der Waals surface area contributed by atoms with Gasteiger partial charge in [0.1, 0.15) is 11.0 Å². The van der Waals surface area contributed by atoms with E-state index in [1.807, 2.05) is 68.4 Å². The van der Waals surface area contributed by atoms with E-state index in [1.54, 1.807) is 12.0 Å². The summed E-state index contributed by atoms with van der Waals surface area (Å²) in [5, 5.41) is 3.00. The highest BCUT2D eigenvalue weighted by Crippen LogP contribution is 2.34. The molecule has 152 valence electrons. The van der Waals surface area contributed by atoms with Crippen molar-refractivity contribution in [1.82, 2.24) is 4.90 Å². The van der Waals surface area contributed by atoms with Gasteiger partial charge in [0.15, 0.2) is 5.17 Å². The Hall–Kier alpha value is -2.80. The molecule has 1 aliphatic heterocycles. The lowest BCUT2D eigenvalue weighted by atomic mass is 10.2. The Morgan fingerprint density at radius 1 is 1.21 bits per heavy atom. The molecule has 1 saturated heterocycles. The third-order valence-corrected chi connectivity index (χ3v) is 5.88. The van der Waals surface area contributed by atoms with Crippen molar-refractivity contribution >= 4 is 40.1 Å². The first-order chi connectivity index (χ1) is 14.0. The second-order valence-electron chi connectivity index (χ2n) is 6.78. The van der Waals surface area contributed by atoms with Crippen molar-refractivity contribution in [3.05, 3.63) is 54.6 Å². The largest absolute Gasteiger partial charge is 0.497 e. The highest BCUT2D eigenvalue weighted by molar-refractivity contribution is 8.15. The number of nitrogens with one attached hydrogen (secondary N) is 1. The zero-order valence-corrected chi connectivity index (χ0v) is 17.6. The number of benzene rings is 2.